The molecule has 9 nitrogen and oxygen atoms in total. The summed E-state index contributed by atoms with van der Waals surface area (Å²) in [6.45, 7) is 2.08. The number of carboxylic acids is 2. The van der Waals surface area contributed by atoms with Gasteiger partial charge >= 0.3 is 11.9 Å². The number of aliphatic carboxylic acids is 2. The first-order valence-corrected chi connectivity index (χ1v) is 9.94. The molecule has 9 heteroatoms. The van der Waals surface area contributed by atoms with Crippen LogP contribution in [0.25, 0.3) is 0 Å². The molecule has 1 saturated heterocycles. The molecule has 0 aliphatic carbocycles. The lowest BCUT2D eigenvalue weighted by Crippen LogP contribution is -2.55. The average Bonchev–Trinajstić information content (AvgIpc) is 2.78. The molecule has 4 N–H and O–H groups in total. The van der Waals surface area contributed by atoms with Gasteiger partial charge < -0.3 is 35.1 Å². The van der Waals surface area contributed by atoms with Crippen LogP contribution in [-0.2, 0) is 14.3 Å². The van der Waals surface area contributed by atoms with E-state index in [0.29, 0.717) is 24.2 Å². The van der Waals surface area contributed by atoms with Crippen molar-refractivity contribution in [2.75, 3.05) is 26.8 Å². The molecule has 0 amide bonds. The first-order valence-electron chi connectivity index (χ1n) is 9.94. The number of dihydropyridines is 1. The second-order valence-corrected chi connectivity index (χ2v) is 7.22. The van der Waals surface area contributed by atoms with Crippen molar-refractivity contribution in [3.05, 3.63) is 60.0 Å². The summed E-state index contributed by atoms with van der Waals surface area (Å²) in [6, 6.07) is 6.51. The predicted molar refractivity (Wildman–Crippen MR) is 112 cm³/mol. The molecule has 1 aromatic carbocycles. The van der Waals surface area contributed by atoms with Gasteiger partial charge in [-0.25, -0.2) is 9.59 Å². The Morgan fingerprint density at radius 1 is 1.23 bits per heavy atom. The van der Waals surface area contributed by atoms with Crippen molar-refractivity contribution in [2.45, 2.75) is 18.6 Å². The largest absolute Gasteiger partial charge is 0.497 e. The lowest BCUT2D eigenvalue weighted by Gasteiger charge is -2.38. The normalized spacial score (nSPS) is 23.3. The molecule has 0 radical (unpaired) electrons. The van der Waals surface area contributed by atoms with Gasteiger partial charge in [0, 0.05) is 24.7 Å². The molecule has 2 atom stereocenters. The van der Waals surface area contributed by atoms with Gasteiger partial charge in [0.1, 0.15) is 17.1 Å². The quantitative estimate of drug-likeness (QED) is 0.434. The Hall–Kier alpha value is -3.46. The minimum atomic E-state index is -1.87. The van der Waals surface area contributed by atoms with Crippen LogP contribution in [0.5, 0.6) is 11.5 Å². The molecule has 0 bridgehead atoms. The third-order valence-corrected chi connectivity index (χ3v) is 5.06. The van der Waals surface area contributed by atoms with E-state index in [2.05, 4.69) is 10.6 Å². The Bertz CT molecular complexity index is 886. The number of hydrogen-bond acceptors (Lipinski definition) is 7. The summed E-state index contributed by atoms with van der Waals surface area (Å²) in [6.07, 6.45) is 7.32. The summed E-state index contributed by atoms with van der Waals surface area (Å²) in [7, 11) is 1.53. The van der Waals surface area contributed by atoms with E-state index < -0.39 is 23.2 Å². The van der Waals surface area contributed by atoms with E-state index in [9.17, 15) is 19.8 Å². The fourth-order valence-electron chi connectivity index (χ4n) is 3.52. The van der Waals surface area contributed by atoms with Gasteiger partial charge in [-0.1, -0.05) is 0 Å². The van der Waals surface area contributed by atoms with Crippen LogP contribution in [0.3, 0.4) is 0 Å². The number of methoxy groups -OCH3 is 1. The van der Waals surface area contributed by atoms with E-state index >= 15 is 0 Å². The fourth-order valence-corrected chi connectivity index (χ4v) is 3.52. The Balaban J connectivity index is 1.97. The Kier molecular flexibility index (Phi) is 7.19. The van der Waals surface area contributed by atoms with Crippen molar-refractivity contribution >= 4 is 11.9 Å². The summed E-state index contributed by atoms with van der Waals surface area (Å²) in [4.78, 5) is 23.5. The van der Waals surface area contributed by atoms with Crippen LogP contribution in [-0.4, -0.2) is 54.7 Å². The van der Waals surface area contributed by atoms with Crippen LogP contribution in [0.2, 0.25) is 0 Å². The van der Waals surface area contributed by atoms with E-state index in [1.807, 2.05) is 0 Å². The SMILES string of the molecule is COc1ccc(O[C@]2(/C(=C\C(=O)O)C(=O)O)NC=CC=C2OCC2CCCNC2)cc1. The Labute approximate surface area is 180 Å². The molecule has 0 saturated carbocycles. The maximum Gasteiger partial charge on any atom is 0.338 e. The molecule has 3 rings (SSSR count). The second-order valence-electron chi connectivity index (χ2n) is 7.22. The van der Waals surface area contributed by atoms with Gasteiger partial charge in [0.25, 0.3) is 5.72 Å². The first kappa shape index (κ1) is 22.2. The van der Waals surface area contributed by atoms with Crippen molar-refractivity contribution in [1.29, 1.82) is 0 Å². The van der Waals surface area contributed by atoms with Gasteiger partial charge in [0.05, 0.1) is 13.7 Å². The number of hydrogen-bond donors (Lipinski definition) is 4. The molecule has 2 heterocycles. The van der Waals surface area contributed by atoms with E-state index in [4.69, 9.17) is 14.2 Å². The number of carbonyl (C=O) groups is 2. The maximum absolute atomic E-state index is 12.1. The molecule has 2 aliphatic rings. The average molecular weight is 430 g/mol. The van der Waals surface area contributed by atoms with Gasteiger partial charge in [-0.15, -0.1) is 0 Å². The van der Waals surface area contributed by atoms with Crippen LogP contribution in [0.15, 0.2) is 60.0 Å². The van der Waals surface area contributed by atoms with Gasteiger partial charge in [0.2, 0.25) is 0 Å². The Morgan fingerprint density at radius 3 is 2.58 bits per heavy atom. The molecule has 1 aromatic rings. The molecule has 1 unspecified atom stereocenters. The minimum absolute atomic E-state index is 0.159. The van der Waals surface area contributed by atoms with Crippen molar-refractivity contribution in [1.82, 2.24) is 10.6 Å². The van der Waals surface area contributed by atoms with E-state index in [1.165, 1.54) is 13.3 Å². The van der Waals surface area contributed by atoms with Gasteiger partial charge in [-0.2, -0.15) is 0 Å². The Morgan fingerprint density at radius 2 is 1.97 bits per heavy atom. The molecule has 0 aromatic heterocycles. The van der Waals surface area contributed by atoms with Crippen LogP contribution in [0.1, 0.15) is 12.8 Å². The van der Waals surface area contributed by atoms with Crippen molar-refractivity contribution in [3.8, 4) is 11.5 Å². The zero-order valence-corrected chi connectivity index (χ0v) is 17.2. The number of ether oxygens (including phenoxy) is 3. The highest BCUT2D eigenvalue weighted by Gasteiger charge is 2.47. The highest BCUT2D eigenvalue weighted by Crippen LogP contribution is 2.34. The standard InChI is InChI=1S/C22H26N2O7/c1-29-16-6-8-17(9-7-16)31-22(18(21(27)28)12-20(25)26)19(5-3-11-24-22)30-14-15-4-2-10-23-13-15/h3,5-9,11-12,15,23-24H,2,4,10,13-14H2,1H3,(H,25,26)(H,27,28)/b18-12-/t15?,22-/m0/s1. The van der Waals surface area contributed by atoms with E-state index in [1.54, 1.807) is 36.4 Å². The van der Waals surface area contributed by atoms with Gasteiger partial charge in [-0.3, -0.25) is 0 Å². The minimum Gasteiger partial charge on any atom is -0.497 e. The summed E-state index contributed by atoms with van der Waals surface area (Å²) in [5.74, 6) is -1.57. The van der Waals surface area contributed by atoms with Crippen LogP contribution < -0.4 is 20.1 Å². The van der Waals surface area contributed by atoms with Crippen molar-refractivity contribution < 1.29 is 34.0 Å². The zero-order chi connectivity index (χ0) is 22.3. The zero-order valence-electron chi connectivity index (χ0n) is 17.2. The summed E-state index contributed by atoms with van der Waals surface area (Å²) >= 11 is 0. The fraction of sp³-hybridized carbons (Fsp3) is 0.364. The predicted octanol–water partition coefficient (Wildman–Crippen LogP) is 1.88. The molecular weight excluding hydrogens is 404 g/mol. The van der Waals surface area contributed by atoms with E-state index in [0.717, 1.165) is 25.9 Å². The molecule has 2 aliphatic heterocycles. The first-order chi connectivity index (χ1) is 14.9. The topological polar surface area (TPSA) is 126 Å². The monoisotopic (exact) mass is 430 g/mol. The van der Waals surface area contributed by atoms with Crippen LogP contribution in [0, 0.1) is 5.92 Å². The smallest absolute Gasteiger partial charge is 0.338 e. The highest BCUT2D eigenvalue weighted by molar-refractivity contribution is 5.97. The summed E-state index contributed by atoms with van der Waals surface area (Å²) in [5.41, 5.74) is -2.39. The summed E-state index contributed by atoms with van der Waals surface area (Å²) in [5, 5.41) is 25.3. The van der Waals surface area contributed by atoms with Gasteiger partial charge in [0.15, 0.2) is 5.76 Å². The third kappa shape index (κ3) is 5.37. The summed E-state index contributed by atoms with van der Waals surface area (Å²) < 4.78 is 17.3. The number of carboxylic acid groups (broad SMARTS) is 2. The van der Waals surface area contributed by atoms with Crippen LogP contribution >= 0.6 is 0 Å². The molecule has 31 heavy (non-hydrogen) atoms. The molecular formula is C22H26N2O7. The lowest BCUT2D eigenvalue weighted by atomic mass is 9.96. The number of benzene rings is 1. The molecule has 166 valence electrons. The van der Waals surface area contributed by atoms with Crippen LogP contribution in [0.4, 0.5) is 0 Å². The second kappa shape index (κ2) is 10.0. The van der Waals surface area contributed by atoms with E-state index in [-0.39, 0.29) is 11.7 Å². The number of rotatable bonds is 9. The molecule has 1 fully saturated rings. The third-order valence-electron chi connectivity index (χ3n) is 5.06. The van der Waals surface area contributed by atoms with Crippen molar-refractivity contribution in [3.63, 3.8) is 0 Å². The lowest BCUT2D eigenvalue weighted by molar-refractivity contribution is -0.137. The van der Waals surface area contributed by atoms with Crippen molar-refractivity contribution in [2.24, 2.45) is 5.92 Å². The molecule has 0 spiro atoms. The van der Waals surface area contributed by atoms with Gasteiger partial charge in [-0.05, 0) is 55.8 Å². The number of allylic oxidation sites excluding steroid dienone is 2. The maximum atomic E-state index is 12.1. The number of nitrogens with one attached hydrogen (secondary N) is 2. The highest BCUT2D eigenvalue weighted by atomic mass is 16.6. The number of piperidine rings is 1.